The number of benzene rings is 1. The van der Waals surface area contributed by atoms with Crippen LogP contribution in [0.4, 0.5) is 5.69 Å². The maximum absolute atomic E-state index is 11.7. The number of rotatable bonds is 0. The van der Waals surface area contributed by atoms with Crippen LogP contribution in [0.25, 0.3) is 0 Å². The van der Waals surface area contributed by atoms with Gasteiger partial charge in [-0.25, -0.2) is 8.42 Å². The standard InChI is InChI=1S/C9H10ClNO2S/c1-6-5-14(12,13)9-3-2-7(10)4-8(9)11-6/h2-4,6,11H,5H2,1H3. The highest BCUT2D eigenvalue weighted by Crippen LogP contribution is 2.30. The fourth-order valence-electron chi connectivity index (χ4n) is 1.61. The number of sulfone groups is 1. The SMILES string of the molecule is CC1CS(=O)(=O)c2ccc(Cl)cc2N1. The quantitative estimate of drug-likeness (QED) is 0.742. The molecule has 0 bridgehead atoms. The van der Waals surface area contributed by atoms with Crippen molar-refractivity contribution in [3.63, 3.8) is 0 Å². The molecule has 3 nitrogen and oxygen atoms in total. The van der Waals surface area contributed by atoms with Crippen molar-refractivity contribution in [2.75, 3.05) is 11.1 Å². The third-order valence-corrected chi connectivity index (χ3v) is 4.35. The average Bonchev–Trinajstić information content (AvgIpc) is 2.00. The third-order valence-electron chi connectivity index (χ3n) is 2.15. The van der Waals surface area contributed by atoms with Crippen molar-refractivity contribution in [2.45, 2.75) is 17.9 Å². The zero-order valence-electron chi connectivity index (χ0n) is 7.62. The summed E-state index contributed by atoms with van der Waals surface area (Å²) < 4.78 is 23.4. The second-order valence-corrected chi connectivity index (χ2v) is 5.91. The Labute approximate surface area is 88.0 Å². The first-order valence-electron chi connectivity index (χ1n) is 4.28. The lowest BCUT2D eigenvalue weighted by atomic mass is 10.3. The minimum atomic E-state index is -3.13. The lowest BCUT2D eigenvalue weighted by molar-refractivity contribution is 0.589. The summed E-state index contributed by atoms with van der Waals surface area (Å²) in [6.45, 7) is 1.83. The fraction of sp³-hybridized carbons (Fsp3) is 0.333. The molecule has 1 heterocycles. The van der Waals surface area contributed by atoms with Crippen molar-refractivity contribution in [2.24, 2.45) is 0 Å². The summed E-state index contributed by atoms with van der Waals surface area (Å²) in [5, 5.41) is 3.63. The Balaban J connectivity index is 2.64. The van der Waals surface area contributed by atoms with Gasteiger partial charge in [-0.05, 0) is 25.1 Å². The van der Waals surface area contributed by atoms with E-state index in [0.29, 0.717) is 15.6 Å². The first-order chi connectivity index (χ1) is 6.49. The highest BCUT2D eigenvalue weighted by molar-refractivity contribution is 7.91. The molecule has 1 aliphatic heterocycles. The zero-order chi connectivity index (χ0) is 10.3. The van der Waals surface area contributed by atoms with E-state index in [4.69, 9.17) is 11.6 Å². The second-order valence-electron chi connectivity index (χ2n) is 3.47. The Kier molecular flexibility index (Phi) is 2.20. The molecule has 76 valence electrons. The monoisotopic (exact) mass is 231 g/mol. The molecule has 0 aromatic heterocycles. The van der Waals surface area contributed by atoms with Gasteiger partial charge in [0.05, 0.1) is 16.3 Å². The largest absolute Gasteiger partial charge is 0.380 e. The predicted octanol–water partition coefficient (Wildman–Crippen LogP) is 1.93. The van der Waals surface area contributed by atoms with Crippen LogP contribution in [0.3, 0.4) is 0 Å². The molecule has 1 unspecified atom stereocenters. The van der Waals surface area contributed by atoms with E-state index in [1.54, 1.807) is 18.2 Å². The van der Waals surface area contributed by atoms with Crippen molar-refractivity contribution in [1.82, 2.24) is 0 Å². The van der Waals surface area contributed by atoms with Crippen LogP contribution in [0, 0.1) is 0 Å². The van der Waals surface area contributed by atoms with Gasteiger partial charge in [0.25, 0.3) is 0 Å². The maximum atomic E-state index is 11.7. The Morgan fingerprint density at radius 3 is 2.93 bits per heavy atom. The summed E-state index contributed by atoms with van der Waals surface area (Å²) in [7, 11) is -3.13. The molecule has 1 aromatic carbocycles. The van der Waals surface area contributed by atoms with Gasteiger partial charge in [0.2, 0.25) is 0 Å². The molecule has 0 spiro atoms. The van der Waals surface area contributed by atoms with Gasteiger partial charge in [0.1, 0.15) is 0 Å². The van der Waals surface area contributed by atoms with Crippen LogP contribution in [0.15, 0.2) is 23.1 Å². The van der Waals surface area contributed by atoms with E-state index in [2.05, 4.69) is 5.32 Å². The minimum absolute atomic E-state index is 0.0639. The van der Waals surface area contributed by atoms with Crippen LogP contribution in [0.5, 0.6) is 0 Å². The molecule has 0 saturated carbocycles. The molecule has 0 fully saturated rings. The van der Waals surface area contributed by atoms with Crippen LogP contribution in [0.2, 0.25) is 5.02 Å². The smallest absolute Gasteiger partial charge is 0.182 e. The maximum Gasteiger partial charge on any atom is 0.182 e. The van der Waals surface area contributed by atoms with Gasteiger partial charge in [-0.15, -0.1) is 0 Å². The van der Waals surface area contributed by atoms with E-state index in [9.17, 15) is 8.42 Å². The van der Waals surface area contributed by atoms with Gasteiger partial charge in [-0.2, -0.15) is 0 Å². The first kappa shape index (κ1) is 9.80. The zero-order valence-corrected chi connectivity index (χ0v) is 9.19. The summed E-state index contributed by atoms with van der Waals surface area (Å²) in [4.78, 5) is 0.347. The number of hydrogen-bond donors (Lipinski definition) is 1. The number of halogens is 1. The summed E-state index contributed by atoms with van der Waals surface area (Å²) in [6, 6.07) is 4.72. The lowest BCUT2D eigenvalue weighted by Gasteiger charge is -2.24. The molecule has 0 radical (unpaired) electrons. The predicted molar refractivity (Wildman–Crippen MR) is 56.6 cm³/mol. The number of fused-ring (bicyclic) bond motifs is 1. The van der Waals surface area contributed by atoms with Crippen molar-refractivity contribution in [3.8, 4) is 0 Å². The van der Waals surface area contributed by atoms with Gasteiger partial charge >= 0.3 is 0 Å². The normalized spacial score (nSPS) is 23.7. The van der Waals surface area contributed by atoms with Gasteiger partial charge in [0.15, 0.2) is 9.84 Å². The number of hydrogen-bond acceptors (Lipinski definition) is 3. The van der Waals surface area contributed by atoms with Gasteiger partial charge < -0.3 is 5.32 Å². The molecule has 5 heteroatoms. The summed E-state index contributed by atoms with van der Waals surface area (Å²) in [5.74, 6) is 0.141. The summed E-state index contributed by atoms with van der Waals surface area (Å²) >= 11 is 5.78. The van der Waals surface area contributed by atoms with Gasteiger partial charge in [-0.3, -0.25) is 0 Å². The molecule has 14 heavy (non-hydrogen) atoms. The Hall–Kier alpha value is -0.740. The van der Waals surface area contributed by atoms with E-state index in [0.717, 1.165) is 0 Å². The van der Waals surface area contributed by atoms with E-state index < -0.39 is 9.84 Å². The molecule has 2 rings (SSSR count). The van der Waals surface area contributed by atoms with Crippen molar-refractivity contribution < 1.29 is 8.42 Å². The summed E-state index contributed by atoms with van der Waals surface area (Å²) in [5.41, 5.74) is 0.608. The molecule has 0 aliphatic carbocycles. The molecule has 0 amide bonds. The number of anilines is 1. The van der Waals surface area contributed by atoms with Crippen LogP contribution in [-0.4, -0.2) is 20.2 Å². The number of nitrogens with one attached hydrogen (secondary N) is 1. The van der Waals surface area contributed by atoms with Crippen molar-refractivity contribution in [3.05, 3.63) is 23.2 Å². The molecule has 1 aromatic rings. The van der Waals surface area contributed by atoms with E-state index in [1.807, 2.05) is 6.92 Å². The highest BCUT2D eigenvalue weighted by Gasteiger charge is 2.27. The third kappa shape index (κ3) is 1.60. The first-order valence-corrected chi connectivity index (χ1v) is 6.31. The average molecular weight is 232 g/mol. The molecule has 1 aliphatic rings. The van der Waals surface area contributed by atoms with Crippen LogP contribution in [0.1, 0.15) is 6.92 Å². The topological polar surface area (TPSA) is 46.2 Å². The lowest BCUT2D eigenvalue weighted by Crippen LogP contribution is -2.31. The second kappa shape index (κ2) is 3.14. The summed E-state index contributed by atoms with van der Waals surface area (Å²) in [6.07, 6.45) is 0. The van der Waals surface area contributed by atoms with E-state index >= 15 is 0 Å². The molecule has 1 atom stereocenters. The van der Waals surface area contributed by atoms with Crippen LogP contribution < -0.4 is 5.32 Å². The fourth-order valence-corrected chi connectivity index (χ4v) is 3.43. The van der Waals surface area contributed by atoms with Crippen molar-refractivity contribution in [1.29, 1.82) is 0 Å². The Morgan fingerprint density at radius 1 is 1.50 bits per heavy atom. The van der Waals surface area contributed by atoms with E-state index in [-0.39, 0.29) is 11.8 Å². The molecular formula is C9H10ClNO2S. The van der Waals surface area contributed by atoms with Gasteiger partial charge in [-0.1, -0.05) is 11.6 Å². The Morgan fingerprint density at radius 2 is 2.21 bits per heavy atom. The van der Waals surface area contributed by atoms with Gasteiger partial charge in [0, 0.05) is 11.1 Å². The highest BCUT2D eigenvalue weighted by atomic mass is 35.5. The van der Waals surface area contributed by atoms with E-state index in [1.165, 1.54) is 0 Å². The Bertz CT molecular complexity index is 470. The molecular weight excluding hydrogens is 222 g/mol. The molecule has 1 N–H and O–H groups in total. The van der Waals surface area contributed by atoms with Crippen LogP contribution in [-0.2, 0) is 9.84 Å². The minimum Gasteiger partial charge on any atom is -0.380 e. The van der Waals surface area contributed by atoms with Crippen molar-refractivity contribution >= 4 is 27.1 Å². The van der Waals surface area contributed by atoms with Crippen LogP contribution >= 0.6 is 11.6 Å². The molecule has 0 saturated heterocycles.